The molecule has 0 atom stereocenters. The van der Waals surface area contributed by atoms with Crippen molar-refractivity contribution in [1.29, 1.82) is 0 Å². The van der Waals surface area contributed by atoms with Crippen molar-refractivity contribution in [1.82, 2.24) is 0 Å². The molecule has 50 valence electrons. The molecular weight excluding hydrogens is 120 g/mol. The van der Waals surface area contributed by atoms with E-state index in [2.05, 4.69) is 20.8 Å². The van der Waals surface area contributed by atoms with Crippen LogP contribution in [0.15, 0.2) is 12.2 Å². The summed E-state index contributed by atoms with van der Waals surface area (Å²) < 4.78 is 0. The first-order chi connectivity index (χ1) is 3.83. The fraction of sp³-hybridized carbons (Fsp3) is 0.500. The molecule has 0 aliphatic rings. The second-order valence-electron chi connectivity index (χ2n) is 1.42. The number of rotatable bonds is 1. The largest absolute Gasteiger partial charge is 2.00 e. The Morgan fingerprint density at radius 3 is 1.67 bits per heavy atom. The predicted molar refractivity (Wildman–Crippen MR) is 46.2 cm³/mol. The maximum absolute atomic E-state index is 3.60. The molecule has 1 heteroatoms. The summed E-state index contributed by atoms with van der Waals surface area (Å²) in [5.41, 5.74) is 0. The second kappa shape index (κ2) is 23.8. The van der Waals surface area contributed by atoms with Crippen molar-refractivity contribution >= 4 is 23.1 Å². The van der Waals surface area contributed by atoms with Crippen LogP contribution >= 0.6 is 0 Å². The Labute approximate surface area is 75.9 Å². The molecule has 0 aliphatic carbocycles. The van der Waals surface area contributed by atoms with Gasteiger partial charge in [-0.1, -0.05) is 13.3 Å². The van der Waals surface area contributed by atoms with E-state index >= 15 is 0 Å². The molecular formula is C8H16Mg. The zero-order valence-electron chi connectivity index (χ0n) is 6.69. The van der Waals surface area contributed by atoms with Gasteiger partial charge in [-0.25, -0.2) is 19.1 Å². The van der Waals surface area contributed by atoms with E-state index in [1.165, 1.54) is 6.42 Å². The second-order valence-corrected chi connectivity index (χ2v) is 1.42. The SMILES string of the molecule is [CH2-]/C=C/C.[CH2-]CCC.[Mg+2]. The van der Waals surface area contributed by atoms with Crippen LogP contribution in [0, 0.1) is 13.8 Å². The molecule has 0 saturated carbocycles. The molecule has 0 heterocycles. The summed E-state index contributed by atoms with van der Waals surface area (Å²) in [6.07, 6.45) is 5.92. The van der Waals surface area contributed by atoms with Gasteiger partial charge in [-0.15, -0.1) is 6.92 Å². The van der Waals surface area contributed by atoms with Gasteiger partial charge in [-0.2, -0.15) is 6.42 Å². The summed E-state index contributed by atoms with van der Waals surface area (Å²) in [7, 11) is 0. The molecule has 0 unspecified atom stereocenters. The van der Waals surface area contributed by atoms with E-state index in [4.69, 9.17) is 0 Å². The van der Waals surface area contributed by atoms with E-state index in [0.717, 1.165) is 6.42 Å². The first kappa shape index (κ1) is 16.2. The predicted octanol–water partition coefficient (Wildman–Crippen LogP) is 2.64. The quantitative estimate of drug-likeness (QED) is 0.384. The Morgan fingerprint density at radius 1 is 1.44 bits per heavy atom. The van der Waals surface area contributed by atoms with Gasteiger partial charge in [0, 0.05) is 0 Å². The van der Waals surface area contributed by atoms with Crippen molar-refractivity contribution in [2.45, 2.75) is 26.7 Å². The van der Waals surface area contributed by atoms with Crippen LogP contribution in [-0.4, -0.2) is 23.1 Å². The molecule has 0 spiro atoms. The molecule has 0 saturated heterocycles. The zero-order valence-corrected chi connectivity index (χ0v) is 8.10. The molecule has 0 amide bonds. The van der Waals surface area contributed by atoms with Crippen molar-refractivity contribution in [2.24, 2.45) is 0 Å². The van der Waals surface area contributed by atoms with Crippen molar-refractivity contribution in [2.75, 3.05) is 0 Å². The number of allylic oxidation sites excluding steroid dienone is 2. The first-order valence-electron chi connectivity index (χ1n) is 3.03. The standard InChI is InChI=1S/C4H9.C4H7.Mg/c2*1-3-4-2;/h1,3-4H2,2H3;3-4H,1H2,2H3;/q2*-1;+2/b;4-3+;. The van der Waals surface area contributed by atoms with Crippen LogP contribution in [0.3, 0.4) is 0 Å². The summed E-state index contributed by atoms with van der Waals surface area (Å²) in [4.78, 5) is 0. The van der Waals surface area contributed by atoms with Crippen molar-refractivity contribution in [3.05, 3.63) is 26.0 Å². The van der Waals surface area contributed by atoms with E-state index in [9.17, 15) is 0 Å². The van der Waals surface area contributed by atoms with Gasteiger partial charge in [0.25, 0.3) is 0 Å². The van der Waals surface area contributed by atoms with Gasteiger partial charge in [-0.05, 0) is 0 Å². The van der Waals surface area contributed by atoms with Crippen molar-refractivity contribution < 1.29 is 0 Å². The topological polar surface area (TPSA) is 0 Å². The third-order valence-electron chi connectivity index (χ3n) is 0.589. The molecule has 0 radical (unpaired) electrons. The minimum Gasteiger partial charge on any atom is -0.343 e. The molecule has 0 nitrogen and oxygen atoms in total. The Hall–Kier alpha value is 0.376. The van der Waals surface area contributed by atoms with Gasteiger partial charge in [-0.3, -0.25) is 0 Å². The molecule has 0 N–H and O–H groups in total. The summed E-state index contributed by atoms with van der Waals surface area (Å²) in [5.74, 6) is 0. The molecule has 0 aromatic carbocycles. The Kier molecular flexibility index (Phi) is 42.8. The van der Waals surface area contributed by atoms with Gasteiger partial charge in [0.1, 0.15) is 0 Å². The third-order valence-corrected chi connectivity index (χ3v) is 0.589. The molecule has 0 bridgehead atoms. The summed E-state index contributed by atoms with van der Waals surface area (Å²) in [6, 6.07) is 0. The number of unbranched alkanes of at least 4 members (excludes halogenated alkanes) is 1. The summed E-state index contributed by atoms with van der Waals surface area (Å²) in [5, 5.41) is 0. The molecule has 0 rings (SSSR count). The average molecular weight is 137 g/mol. The fourth-order valence-corrected chi connectivity index (χ4v) is 0. The molecule has 0 aromatic heterocycles. The summed E-state index contributed by atoms with van der Waals surface area (Å²) >= 11 is 0. The molecule has 9 heavy (non-hydrogen) atoms. The van der Waals surface area contributed by atoms with Gasteiger partial charge >= 0.3 is 23.1 Å². The monoisotopic (exact) mass is 136 g/mol. The minimum absolute atomic E-state index is 0. The van der Waals surface area contributed by atoms with E-state index in [0.29, 0.717) is 0 Å². The van der Waals surface area contributed by atoms with E-state index < -0.39 is 0 Å². The zero-order chi connectivity index (χ0) is 6.83. The van der Waals surface area contributed by atoms with Crippen LogP contribution in [-0.2, 0) is 0 Å². The summed E-state index contributed by atoms with van der Waals surface area (Å²) in [6.45, 7) is 11.1. The van der Waals surface area contributed by atoms with Crippen LogP contribution < -0.4 is 0 Å². The Balaban J connectivity index is -0.0000000720. The van der Waals surface area contributed by atoms with Crippen LogP contribution in [0.4, 0.5) is 0 Å². The number of hydrogen-bond donors (Lipinski definition) is 0. The van der Waals surface area contributed by atoms with Crippen LogP contribution in [0.1, 0.15) is 26.7 Å². The van der Waals surface area contributed by atoms with Gasteiger partial charge in [0.15, 0.2) is 0 Å². The maximum Gasteiger partial charge on any atom is 2.00 e. The minimum atomic E-state index is 0. The van der Waals surface area contributed by atoms with Crippen LogP contribution in [0.25, 0.3) is 0 Å². The van der Waals surface area contributed by atoms with Crippen molar-refractivity contribution in [3.8, 4) is 0 Å². The van der Waals surface area contributed by atoms with Gasteiger partial charge in [0.2, 0.25) is 0 Å². The first-order valence-corrected chi connectivity index (χ1v) is 3.03. The normalized spacial score (nSPS) is 7.44. The van der Waals surface area contributed by atoms with E-state index in [1.807, 2.05) is 13.0 Å². The van der Waals surface area contributed by atoms with Crippen molar-refractivity contribution in [3.63, 3.8) is 0 Å². The van der Waals surface area contributed by atoms with Gasteiger partial charge < -0.3 is 6.92 Å². The Bertz CT molecular complexity index is 33.8. The van der Waals surface area contributed by atoms with Gasteiger partial charge in [0.05, 0.1) is 0 Å². The van der Waals surface area contributed by atoms with Crippen LogP contribution in [0.5, 0.6) is 0 Å². The average Bonchev–Trinajstić information content (AvgIpc) is 1.88. The molecule has 0 aliphatic heterocycles. The third kappa shape index (κ3) is 60.3. The molecule has 0 fully saturated rings. The molecule has 0 aromatic rings. The number of hydrogen-bond acceptors (Lipinski definition) is 0. The maximum atomic E-state index is 3.60. The fourth-order valence-electron chi connectivity index (χ4n) is 0. The van der Waals surface area contributed by atoms with Crippen LogP contribution in [0.2, 0.25) is 0 Å². The van der Waals surface area contributed by atoms with E-state index in [-0.39, 0.29) is 23.1 Å². The van der Waals surface area contributed by atoms with E-state index in [1.54, 1.807) is 6.08 Å². The smallest absolute Gasteiger partial charge is 0.343 e. The Morgan fingerprint density at radius 2 is 1.67 bits per heavy atom.